The second-order valence-corrected chi connectivity index (χ2v) is 16.9. The lowest BCUT2D eigenvalue weighted by molar-refractivity contribution is -0.302. The molecule has 0 aliphatic carbocycles. The van der Waals surface area contributed by atoms with Crippen LogP contribution in [0, 0.1) is 0 Å². The third-order valence-corrected chi connectivity index (χ3v) is 11.3. The summed E-state index contributed by atoms with van der Waals surface area (Å²) in [6.07, 6.45) is 49.5. The number of nitrogens with one attached hydrogen (secondary N) is 1. The van der Waals surface area contributed by atoms with Gasteiger partial charge in [-0.1, -0.05) is 189 Å². The summed E-state index contributed by atoms with van der Waals surface area (Å²) in [6.45, 7) is 3.63. The Bertz CT molecular complexity index is 1180. The zero-order valence-electron chi connectivity index (χ0n) is 38.6. The number of rotatable bonds is 40. The van der Waals surface area contributed by atoms with Gasteiger partial charge in [-0.05, 0) is 70.6 Å². The number of aliphatic hydroxyl groups excluding tert-OH is 5. The molecular weight excluding hydrogens is 767 g/mol. The van der Waals surface area contributed by atoms with E-state index in [9.17, 15) is 30.3 Å². The highest BCUT2D eigenvalue weighted by atomic mass is 16.7. The van der Waals surface area contributed by atoms with E-state index in [4.69, 9.17) is 9.47 Å². The van der Waals surface area contributed by atoms with Gasteiger partial charge in [-0.3, -0.25) is 4.79 Å². The van der Waals surface area contributed by atoms with Crippen LogP contribution in [0.15, 0.2) is 72.9 Å². The average Bonchev–Trinajstić information content (AvgIpc) is 3.26. The van der Waals surface area contributed by atoms with E-state index in [1.165, 1.54) is 96.3 Å². The summed E-state index contributed by atoms with van der Waals surface area (Å²) in [6, 6.07) is -0.838. The van der Waals surface area contributed by atoms with Gasteiger partial charge in [0.2, 0.25) is 5.91 Å². The number of aliphatic hydroxyl groups is 5. The van der Waals surface area contributed by atoms with Gasteiger partial charge in [0.1, 0.15) is 24.4 Å². The van der Waals surface area contributed by atoms with Crippen LogP contribution in [0.5, 0.6) is 0 Å². The van der Waals surface area contributed by atoms with Crippen LogP contribution in [0.3, 0.4) is 0 Å². The maximum atomic E-state index is 13.0. The molecule has 9 heteroatoms. The Kier molecular flexibility index (Phi) is 38.7. The van der Waals surface area contributed by atoms with E-state index in [1.807, 2.05) is 6.08 Å². The Morgan fingerprint density at radius 1 is 0.574 bits per heavy atom. The molecule has 1 amide bonds. The van der Waals surface area contributed by atoms with Crippen LogP contribution in [-0.2, 0) is 14.3 Å². The van der Waals surface area contributed by atoms with Gasteiger partial charge in [0, 0.05) is 6.42 Å². The van der Waals surface area contributed by atoms with Crippen molar-refractivity contribution in [2.75, 3.05) is 13.2 Å². The van der Waals surface area contributed by atoms with Gasteiger partial charge in [-0.15, -0.1) is 0 Å². The molecule has 1 aliphatic heterocycles. The van der Waals surface area contributed by atoms with Gasteiger partial charge in [-0.2, -0.15) is 0 Å². The molecule has 6 N–H and O–H groups in total. The molecular formula is C52H91NO8. The quantitative estimate of drug-likeness (QED) is 0.0264. The van der Waals surface area contributed by atoms with Crippen molar-refractivity contribution in [1.29, 1.82) is 0 Å². The number of carbonyl (C=O) groups is 1. The lowest BCUT2D eigenvalue weighted by Gasteiger charge is -2.40. The Labute approximate surface area is 372 Å². The van der Waals surface area contributed by atoms with E-state index in [2.05, 4.69) is 79.9 Å². The fraction of sp³-hybridized carbons (Fsp3) is 0.750. The van der Waals surface area contributed by atoms with E-state index in [-0.39, 0.29) is 12.5 Å². The van der Waals surface area contributed by atoms with Gasteiger partial charge >= 0.3 is 0 Å². The predicted molar refractivity (Wildman–Crippen MR) is 253 cm³/mol. The zero-order valence-corrected chi connectivity index (χ0v) is 38.6. The van der Waals surface area contributed by atoms with Crippen molar-refractivity contribution in [3.05, 3.63) is 72.9 Å². The summed E-state index contributed by atoms with van der Waals surface area (Å²) in [5, 5.41) is 54.3. The van der Waals surface area contributed by atoms with Crippen molar-refractivity contribution in [1.82, 2.24) is 5.32 Å². The highest BCUT2D eigenvalue weighted by Crippen LogP contribution is 2.22. The molecule has 7 unspecified atom stereocenters. The Hall–Kier alpha value is -2.37. The summed E-state index contributed by atoms with van der Waals surface area (Å²) in [5.41, 5.74) is 0. The Morgan fingerprint density at radius 3 is 1.57 bits per heavy atom. The minimum atomic E-state index is -1.58. The van der Waals surface area contributed by atoms with Crippen molar-refractivity contribution in [2.24, 2.45) is 0 Å². The molecule has 0 spiro atoms. The number of hydrogen-bond acceptors (Lipinski definition) is 8. The second kappa shape index (κ2) is 41.6. The molecule has 1 heterocycles. The van der Waals surface area contributed by atoms with Crippen molar-refractivity contribution >= 4 is 5.91 Å². The van der Waals surface area contributed by atoms with Crippen molar-refractivity contribution in [3.8, 4) is 0 Å². The van der Waals surface area contributed by atoms with Crippen molar-refractivity contribution in [3.63, 3.8) is 0 Å². The standard InChI is InChI=1S/C52H91NO8/c1-3-5-7-9-11-13-15-17-19-21-22-23-24-26-27-29-31-33-35-37-39-41-46(55)45(44-60-52-51(59)50(58)49(57)47(43-54)61-52)53-48(56)42-40-38-36-34-32-30-28-25-20-18-16-14-12-10-8-6-4-2/h6,8,12,14,18,20,28,30-31,33,39,41,45-47,49-52,54-55,57-59H,3-5,7,9-11,13,15-17,19,21-27,29,32,34-38,40,42-44H2,1-2H3,(H,53,56)/b8-6-,14-12-,20-18-,30-28-,33-31+,41-39+. The van der Waals surface area contributed by atoms with Crippen LogP contribution in [-0.4, -0.2) is 87.5 Å². The van der Waals surface area contributed by atoms with E-state index in [0.717, 1.165) is 77.0 Å². The molecule has 9 nitrogen and oxygen atoms in total. The number of allylic oxidation sites excluding steroid dienone is 11. The van der Waals surface area contributed by atoms with Gasteiger partial charge in [0.15, 0.2) is 6.29 Å². The monoisotopic (exact) mass is 858 g/mol. The first-order valence-corrected chi connectivity index (χ1v) is 24.7. The molecule has 0 aromatic rings. The first-order valence-electron chi connectivity index (χ1n) is 24.7. The summed E-state index contributed by atoms with van der Waals surface area (Å²) in [4.78, 5) is 13.0. The van der Waals surface area contributed by atoms with Crippen molar-refractivity contribution < 1.29 is 39.8 Å². The van der Waals surface area contributed by atoms with Crippen LogP contribution >= 0.6 is 0 Å². The maximum absolute atomic E-state index is 13.0. The van der Waals surface area contributed by atoms with Gasteiger partial charge in [0.05, 0.1) is 25.4 Å². The molecule has 1 aliphatic rings. The van der Waals surface area contributed by atoms with Crippen LogP contribution in [0.1, 0.15) is 194 Å². The van der Waals surface area contributed by atoms with Gasteiger partial charge in [0.25, 0.3) is 0 Å². The first kappa shape index (κ1) is 56.6. The summed E-state index contributed by atoms with van der Waals surface area (Å²) in [7, 11) is 0. The molecule has 61 heavy (non-hydrogen) atoms. The van der Waals surface area contributed by atoms with E-state index < -0.39 is 49.5 Å². The SMILES string of the molecule is CC/C=C\C/C=C\C/C=C\C/C=C\CCCCCCC(=O)NC(COC1OC(CO)C(O)C(O)C1O)C(O)/C=C/CC/C=C/CCCCCCCCCCCCCCCCC. The topological polar surface area (TPSA) is 149 Å². The van der Waals surface area contributed by atoms with Crippen LogP contribution in [0.25, 0.3) is 0 Å². The van der Waals surface area contributed by atoms with Crippen molar-refractivity contribution in [2.45, 2.75) is 236 Å². The molecule has 0 aromatic heterocycles. The van der Waals surface area contributed by atoms with Crippen LogP contribution < -0.4 is 5.32 Å². The third-order valence-electron chi connectivity index (χ3n) is 11.3. The highest BCUT2D eigenvalue weighted by Gasteiger charge is 2.44. The lowest BCUT2D eigenvalue weighted by atomic mass is 9.99. The molecule has 1 fully saturated rings. The summed E-state index contributed by atoms with van der Waals surface area (Å²) >= 11 is 0. The van der Waals surface area contributed by atoms with E-state index in [0.29, 0.717) is 6.42 Å². The van der Waals surface area contributed by atoms with Gasteiger partial charge in [-0.25, -0.2) is 0 Å². The summed E-state index contributed by atoms with van der Waals surface area (Å²) < 4.78 is 11.2. The second-order valence-electron chi connectivity index (χ2n) is 16.9. The maximum Gasteiger partial charge on any atom is 0.220 e. The molecule has 0 bridgehead atoms. The molecule has 1 saturated heterocycles. The predicted octanol–water partition coefficient (Wildman–Crippen LogP) is 10.9. The minimum Gasteiger partial charge on any atom is -0.394 e. The van der Waals surface area contributed by atoms with E-state index >= 15 is 0 Å². The molecule has 0 aromatic carbocycles. The smallest absolute Gasteiger partial charge is 0.220 e. The normalized spacial score (nSPS) is 21.1. The first-order chi connectivity index (χ1) is 29.8. The fourth-order valence-corrected chi connectivity index (χ4v) is 7.34. The Morgan fingerprint density at radius 2 is 1.03 bits per heavy atom. The largest absolute Gasteiger partial charge is 0.394 e. The lowest BCUT2D eigenvalue weighted by Crippen LogP contribution is -2.60. The number of ether oxygens (including phenoxy) is 2. The average molecular weight is 858 g/mol. The number of hydrogen-bond donors (Lipinski definition) is 6. The van der Waals surface area contributed by atoms with Crippen LogP contribution in [0.2, 0.25) is 0 Å². The minimum absolute atomic E-state index is 0.212. The molecule has 0 saturated carbocycles. The molecule has 7 atom stereocenters. The van der Waals surface area contributed by atoms with Crippen LogP contribution in [0.4, 0.5) is 0 Å². The van der Waals surface area contributed by atoms with E-state index in [1.54, 1.807) is 6.08 Å². The molecule has 1 rings (SSSR count). The Balaban J connectivity index is 2.37. The number of amides is 1. The highest BCUT2D eigenvalue weighted by molar-refractivity contribution is 5.76. The molecule has 352 valence electrons. The zero-order chi connectivity index (χ0) is 44.4. The van der Waals surface area contributed by atoms with Gasteiger partial charge < -0.3 is 40.3 Å². The molecule has 0 radical (unpaired) electrons. The third kappa shape index (κ3) is 32.0. The summed E-state index contributed by atoms with van der Waals surface area (Å²) in [5.74, 6) is -0.212. The number of unbranched alkanes of at least 4 members (excludes halogenated alkanes) is 20. The number of carbonyl (C=O) groups excluding carboxylic acids is 1. The fourth-order valence-electron chi connectivity index (χ4n) is 7.34.